The van der Waals surface area contributed by atoms with Gasteiger partial charge in [-0.15, -0.1) is 0 Å². The highest BCUT2D eigenvalue weighted by molar-refractivity contribution is 5.70. The predicted molar refractivity (Wildman–Crippen MR) is 41.0 cm³/mol. The molecule has 62 valence electrons. The summed E-state index contributed by atoms with van der Waals surface area (Å²) >= 11 is 0. The third kappa shape index (κ3) is 1.15. The molecule has 0 spiro atoms. The van der Waals surface area contributed by atoms with E-state index in [-0.39, 0.29) is 5.97 Å². The molecule has 0 amide bonds. The van der Waals surface area contributed by atoms with Gasteiger partial charge in [-0.05, 0) is 24.2 Å². The minimum absolute atomic E-state index is 0.0142. The lowest BCUT2D eigenvalue weighted by Crippen LogP contribution is -2.29. The molecule has 3 atom stereocenters. The van der Waals surface area contributed by atoms with Crippen molar-refractivity contribution in [2.75, 3.05) is 6.61 Å². The van der Waals surface area contributed by atoms with Crippen LogP contribution in [0.25, 0.3) is 0 Å². The minimum Gasteiger partial charge on any atom is -0.465 e. The van der Waals surface area contributed by atoms with E-state index in [0.29, 0.717) is 24.9 Å². The van der Waals surface area contributed by atoms with Crippen molar-refractivity contribution < 1.29 is 9.53 Å². The zero-order valence-electron chi connectivity index (χ0n) is 6.88. The molecule has 0 radical (unpaired) electrons. The Bertz CT molecular complexity index is 176. The van der Waals surface area contributed by atoms with Gasteiger partial charge in [0, 0.05) is 6.42 Å². The molecule has 1 saturated carbocycles. The maximum Gasteiger partial charge on any atom is 0.306 e. The standard InChI is InChI=1S/C9H14O2/c1-6-2-3-7-4-9(10)11-5-8(6)7/h6-8H,2-5H2,1H3. The van der Waals surface area contributed by atoms with Crippen LogP contribution in [0.4, 0.5) is 0 Å². The van der Waals surface area contributed by atoms with Crippen molar-refractivity contribution in [3.05, 3.63) is 0 Å². The molecular formula is C9H14O2. The molecule has 2 rings (SSSR count). The molecule has 11 heavy (non-hydrogen) atoms. The van der Waals surface area contributed by atoms with Crippen LogP contribution >= 0.6 is 0 Å². The number of fused-ring (bicyclic) bond motifs is 1. The highest BCUT2D eigenvalue weighted by Gasteiger charge is 2.38. The lowest BCUT2D eigenvalue weighted by Gasteiger charge is -2.26. The molecule has 2 heteroatoms. The van der Waals surface area contributed by atoms with Gasteiger partial charge in [0.1, 0.15) is 0 Å². The molecule has 2 fully saturated rings. The number of carbonyl (C=O) groups excluding carboxylic acids is 1. The molecule has 0 bridgehead atoms. The first kappa shape index (κ1) is 7.14. The summed E-state index contributed by atoms with van der Waals surface area (Å²) in [5.41, 5.74) is 0. The Labute approximate surface area is 66.9 Å². The topological polar surface area (TPSA) is 26.3 Å². The highest BCUT2D eigenvalue weighted by atomic mass is 16.5. The summed E-state index contributed by atoms with van der Waals surface area (Å²) in [5, 5.41) is 0. The average Bonchev–Trinajstić information content (AvgIpc) is 2.32. The van der Waals surface area contributed by atoms with Crippen LogP contribution in [-0.4, -0.2) is 12.6 Å². The fourth-order valence-electron chi connectivity index (χ4n) is 2.39. The number of ether oxygens (including phenoxy) is 1. The second-order valence-corrected chi connectivity index (χ2v) is 3.87. The predicted octanol–water partition coefficient (Wildman–Crippen LogP) is 1.60. The molecule has 0 aromatic carbocycles. The van der Waals surface area contributed by atoms with Crippen LogP contribution in [0.5, 0.6) is 0 Å². The maximum absolute atomic E-state index is 10.9. The monoisotopic (exact) mass is 154 g/mol. The molecule has 2 aliphatic rings. The van der Waals surface area contributed by atoms with Gasteiger partial charge in [0.15, 0.2) is 0 Å². The van der Waals surface area contributed by atoms with Gasteiger partial charge in [-0.3, -0.25) is 4.79 Å². The third-order valence-corrected chi connectivity index (χ3v) is 3.19. The smallest absolute Gasteiger partial charge is 0.306 e. The van der Waals surface area contributed by atoms with Crippen molar-refractivity contribution in [1.82, 2.24) is 0 Å². The van der Waals surface area contributed by atoms with Crippen LogP contribution in [0, 0.1) is 17.8 Å². The number of cyclic esters (lactones) is 1. The SMILES string of the molecule is CC1CCC2CC(=O)OCC12. The molecule has 2 nitrogen and oxygen atoms in total. The van der Waals surface area contributed by atoms with Crippen molar-refractivity contribution in [3.8, 4) is 0 Å². The molecule has 1 aliphatic carbocycles. The van der Waals surface area contributed by atoms with Gasteiger partial charge >= 0.3 is 5.97 Å². The van der Waals surface area contributed by atoms with Gasteiger partial charge in [0.05, 0.1) is 6.61 Å². The number of rotatable bonds is 0. The van der Waals surface area contributed by atoms with Gasteiger partial charge in [-0.2, -0.15) is 0 Å². The van der Waals surface area contributed by atoms with Gasteiger partial charge in [0.25, 0.3) is 0 Å². The molecule has 1 saturated heterocycles. The number of carbonyl (C=O) groups is 1. The Hall–Kier alpha value is -0.530. The first-order valence-corrected chi connectivity index (χ1v) is 4.43. The maximum atomic E-state index is 10.9. The van der Waals surface area contributed by atoms with Gasteiger partial charge in [-0.25, -0.2) is 0 Å². The van der Waals surface area contributed by atoms with Gasteiger partial charge < -0.3 is 4.74 Å². The Morgan fingerprint density at radius 3 is 3.09 bits per heavy atom. The summed E-state index contributed by atoms with van der Waals surface area (Å²) in [6.45, 7) is 2.95. The first-order chi connectivity index (χ1) is 5.27. The van der Waals surface area contributed by atoms with Crippen LogP contribution in [0.1, 0.15) is 26.2 Å². The van der Waals surface area contributed by atoms with Gasteiger partial charge in [0.2, 0.25) is 0 Å². The summed E-state index contributed by atoms with van der Waals surface area (Å²) in [7, 11) is 0. The van der Waals surface area contributed by atoms with Crippen molar-refractivity contribution >= 4 is 5.97 Å². The summed E-state index contributed by atoms with van der Waals surface area (Å²) in [6, 6.07) is 0. The largest absolute Gasteiger partial charge is 0.465 e. The second-order valence-electron chi connectivity index (χ2n) is 3.87. The van der Waals surface area contributed by atoms with E-state index in [1.165, 1.54) is 12.8 Å². The van der Waals surface area contributed by atoms with Crippen LogP contribution < -0.4 is 0 Å². The lowest BCUT2D eigenvalue weighted by molar-refractivity contribution is -0.152. The van der Waals surface area contributed by atoms with E-state index in [1.54, 1.807) is 0 Å². The Morgan fingerprint density at radius 2 is 2.27 bits per heavy atom. The van der Waals surface area contributed by atoms with Crippen molar-refractivity contribution in [2.45, 2.75) is 26.2 Å². The molecular weight excluding hydrogens is 140 g/mol. The van der Waals surface area contributed by atoms with Crippen molar-refractivity contribution in [3.63, 3.8) is 0 Å². The van der Waals surface area contributed by atoms with Crippen molar-refractivity contribution in [1.29, 1.82) is 0 Å². The van der Waals surface area contributed by atoms with Crippen LogP contribution in [0.3, 0.4) is 0 Å². The van der Waals surface area contributed by atoms with E-state index in [0.717, 1.165) is 5.92 Å². The van der Waals surface area contributed by atoms with Gasteiger partial charge in [-0.1, -0.05) is 13.3 Å². The van der Waals surface area contributed by atoms with Crippen LogP contribution in [0.15, 0.2) is 0 Å². The highest BCUT2D eigenvalue weighted by Crippen LogP contribution is 2.41. The molecule has 0 aromatic heterocycles. The number of hydrogen-bond acceptors (Lipinski definition) is 2. The van der Waals surface area contributed by atoms with Crippen LogP contribution in [-0.2, 0) is 9.53 Å². The Morgan fingerprint density at radius 1 is 1.45 bits per heavy atom. The summed E-state index contributed by atoms with van der Waals surface area (Å²) in [6.07, 6.45) is 3.20. The van der Waals surface area contributed by atoms with Crippen LogP contribution in [0.2, 0.25) is 0 Å². The summed E-state index contributed by atoms with van der Waals surface area (Å²) in [4.78, 5) is 10.9. The zero-order chi connectivity index (χ0) is 7.84. The fraction of sp³-hybridized carbons (Fsp3) is 0.889. The molecule has 1 heterocycles. The van der Waals surface area contributed by atoms with Crippen molar-refractivity contribution in [2.24, 2.45) is 17.8 Å². The average molecular weight is 154 g/mol. The summed E-state index contributed by atoms with van der Waals surface area (Å²) in [5.74, 6) is 2.10. The second kappa shape index (κ2) is 2.50. The summed E-state index contributed by atoms with van der Waals surface area (Å²) < 4.78 is 5.02. The third-order valence-electron chi connectivity index (χ3n) is 3.19. The Kier molecular flexibility index (Phi) is 1.63. The quantitative estimate of drug-likeness (QED) is 0.495. The van der Waals surface area contributed by atoms with E-state index in [4.69, 9.17) is 4.74 Å². The normalized spacial score (nSPS) is 43.4. The molecule has 0 aromatic rings. The zero-order valence-corrected chi connectivity index (χ0v) is 6.88. The van der Waals surface area contributed by atoms with E-state index < -0.39 is 0 Å². The van der Waals surface area contributed by atoms with E-state index in [1.807, 2.05) is 0 Å². The fourth-order valence-corrected chi connectivity index (χ4v) is 2.39. The van der Waals surface area contributed by atoms with E-state index in [9.17, 15) is 4.79 Å². The molecule has 1 aliphatic heterocycles. The number of esters is 1. The Balaban J connectivity index is 2.05. The minimum atomic E-state index is 0.0142. The van der Waals surface area contributed by atoms with E-state index >= 15 is 0 Å². The number of hydrogen-bond donors (Lipinski definition) is 0. The molecule has 3 unspecified atom stereocenters. The molecule has 0 N–H and O–H groups in total. The van der Waals surface area contributed by atoms with E-state index in [2.05, 4.69) is 6.92 Å². The lowest BCUT2D eigenvalue weighted by atomic mass is 9.87. The first-order valence-electron chi connectivity index (χ1n) is 4.43.